The van der Waals surface area contributed by atoms with Gasteiger partial charge in [-0.25, -0.2) is 9.59 Å². The van der Waals surface area contributed by atoms with Crippen LogP contribution in [-0.4, -0.2) is 31.2 Å². The van der Waals surface area contributed by atoms with Crippen LogP contribution >= 0.6 is 0 Å². The largest absolute Gasteiger partial charge is 0.495 e. The van der Waals surface area contributed by atoms with Crippen LogP contribution < -0.4 is 35.9 Å². The molecule has 0 fully saturated rings. The first-order valence-electron chi connectivity index (χ1n) is 18.1. The van der Waals surface area contributed by atoms with E-state index in [0.717, 1.165) is 46.9 Å². The summed E-state index contributed by atoms with van der Waals surface area (Å²) in [5, 5.41) is 1.52. The normalized spacial score (nSPS) is 15.5. The van der Waals surface area contributed by atoms with Crippen LogP contribution in [0.2, 0.25) is 0 Å². The van der Waals surface area contributed by atoms with Gasteiger partial charge in [0.25, 0.3) is 0 Å². The van der Waals surface area contributed by atoms with Gasteiger partial charge in [0.15, 0.2) is 16.9 Å². The minimum atomic E-state index is -0.513. The molecule has 2 aliphatic heterocycles. The summed E-state index contributed by atoms with van der Waals surface area (Å²) >= 11 is 0. The molecule has 4 aromatic rings. The number of ketones is 1. The maximum atomic E-state index is 12.7. The SMILES string of the molecule is CCCc1cc(=O)oc2c(C(=O)CC)c(OC)c3c(c12)OC(C)(C)C=C3.CCCc1cc(=O)oc2c(C(N)CC)c(OC)c3c(c12)OC(C)(C)C=C3. The smallest absolute Gasteiger partial charge is 0.336 e. The van der Waals surface area contributed by atoms with Gasteiger partial charge in [-0.2, -0.15) is 0 Å². The Morgan fingerprint density at radius 3 is 1.65 bits per heavy atom. The first-order chi connectivity index (χ1) is 24.6. The Morgan fingerprint density at radius 1 is 0.750 bits per heavy atom. The van der Waals surface area contributed by atoms with Gasteiger partial charge in [0.05, 0.1) is 41.7 Å². The Hall–Kier alpha value is -4.83. The summed E-state index contributed by atoms with van der Waals surface area (Å²) < 4.78 is 35.0. The topological polar surface area (TPSA) is 140 Å². The van der Waals surface area contributed by atoms with E-state index < -0.39 is 16.8 Å². The molecule has 2 aromatic carbocycles. The van der Waals surface area contributed by atoms with Crippen LogP contribution in [0, 0.1) is 0 Å². The van der Waals surface area contributed by atoms with Crippen molar-refractivity contribution in [3.63, 3.8) is 0 Å². The number of hydrogen-bond donors (Lipinski definition) is 1. The van der Waals surface area contributed by atoms with Crippen molar-refractivity contribution in [2.24, 2.45) is 5.73 Å². The molecule has 0 radical (unpaired) electrons. The quantitative estimate of drug-likeness (QED) is 0.125. The molecule has 0 bridgehead atoms. The summed E-state index contributed by atoms with van der Waals surface area (Å²) in [6.07, 6.45) is 12.1. The van der Waals surface area contributed by atoms with E-state index in [9.17, 15) is 14.4 Å². The Kier molecular flexibility index (Phi) is 11.1. The number of benzene rings is 2. The zero-order chi connectivity index (χ0) is 38.1. The average molecular weight is 714 g/mol. The van der Waals surface area contributed by atoms with E-state index >= 15 is 0 Å². The van der Waals surface area contributed by atoms with Crippen LogP contribution in [0.25, 0.3) is 34.1 Å². The monoisotopic (exact) mass is 713 g/mol. The van der Waals surface area contributed by atoms with E-state index in [1.807, 2.05) is 65.8 Å². The van der Waals surface area contributed by atoms with Gasteiger partial charge in [0, 0.05) is 24.6 Å². The van der Waals surface area contributed by atoms with E-state index in [2.05, 4.69) is 6.92 Å². The Balaban J connectivity index is 0.000000201. The second-order valence-electron chi connectivity index (χ2n) is 14.3. The van der Waals surface area contributed by atoms with Gasteiger partial charge in [0.2, 0.25) is 0 Å². The van der Waals surface area contributed by atoms with Crippen LogP contribution in [0.3, 0.4) is 0 Å². The highest BCUT2D eigenvalue weighted by molar-refractivity contribution is 6.12. The zero-order valence-electron chi connectivity index (χ0n) is 32.0. The third kappa shape index (κ3) is 7.13. The number of aryl methyl sites for hydroxylation is 2. The van der Waals surface area contributed by atoms with Crippen molar-refractivity contribution >= 4 is 39.9 Å². The van der Waals surface area contributed by atoms with Crippen LogP contribution in [0.4, 0.5) is 0 Å². The predicted molar refractivity (Wildman–Crippen MR) is 205 cm³/mol. The summed E-state index contributed by atoms with van der Waals surface area (Å²) in [7, 11) is 3.12. The average Bonchev–Trinajstić information content (AvgIpc) is 3.09. The molecule has 52 heavy (non-hydrogen) atoms. The van der Waals surface area contributed by atoms with Crippen molar-refractivity contribution in [3.8, 4) is 23.0 Å². The van der Waals surface area contributed by atoms with Crippen LogP contribution in [0.5, 0.6) is 23.0 Å². The van der Waals surface area contributed by atoms with Crippen LogP contribution in [0.15, 0.2) is 42.7 Å². The van der Waals surface area contributed by atoms with E-state index in [1.165, 1.54) is 13.2 Å². The van der Waals surface area contributed by atoms with E-state index in [4.69, 9.17) is 33.5 Å². The molecule has 10 heteroatoms. The van der Waals surface area contributed by atoms with Crippen LogP contribution in [0.1, 0.15) is 125 Å². The Bertz CT molecular complexity index is 2200. The highest BCUT2D eigenvalue weighted by atomic mass is 16.5. The number of fused-ring (bicyclic) bond motifs is 6. The molecule has 0 spiro atoms. The van der Waals surface area contributed by atoms with Gasteiger partial charge in [0.1, 0.15) is 39.8 Å². The lowest BCUT2D eigenvalue weighted by Gasteiger charge is -2.31. The minimum absolute atomic E-state index is 0.135. The highest BCUT2D eigenvalue weighted by Crippen LogP contribution is 2.49. The zero-order valence-corrected chi connectivity index (χ0v) is 32.0. The van der Waals surface area contributed by atoms with Gasteiger partial charge < -0.3 is 33.5 Å². The van der Waals surface area contributed by atoms with Crippen molar-refractivity contribution in [1.29, 1.82) is 0 Å². The second-order valence-corrected chi connectivity index (χ2v) is 14.3. The number of carbonyl (C=O) groups excluding carboxylic acids is 1. The Labute approximate surface area is 304 Å². The van der Waals surface area contributed by atoms with Crippen molar-refractivity contribution in [2.75, 3.05) is 14.2 Å². The number of ether oxygens (including phenoxy) is 4. The minimum Gasteiger partial charge on any atom is -0.495 e. The summed E-state index contributed by atoms with van der Waals surface area (Å²) in [6, 6.07) is 2.75. The lowest BCUT2D eigenvalue weighted by Crippen LogP contribution is -2.28. The van der Waals surface area contributed by atoms with Gasteiger partial charge in [-0.1, -0.05) is 40.5 Å². The number of methoxy groups -OCH3 is 2. The standard InChI is InChI=1S/C21H27NO4.C21H24O5/c2*1-6-8-12-11-15(23)25-20-16(12)19-13(9-10-21(3,4)26-19)18(24-5)17(20)14(22)7-2/h9-11,14H,6-8,22H2,1-5H3;9-11H,6-8H2,1-5H3. The number of nitrogens with two attached hydrogens (primary N) is 1. The molecule has 0 amide bonds. The first kappa shape index (κ1) is 38.4. The van der Waals surface area contributed by atoms with Crippen molar-refractivity contribution < 1.29 is 32.6 Å². The number of rotatable bonds is 10. The second kappa shape index (κ2) is 15.0. The molecule has 0 saturated heterocycles. The predicted octanol–water partition coefficient (Wildman–Crippen LogP) is 8.88. The molecular weight excluding hydrogens is 662 g/mol. The fourth-order valence-electron chi connectivity index (χ4n) is 6.92. The molecule has 2 aliphatic rings. The third-order valence-corrected chi connectivity index (χ3v) is 9.35. The molecule has 0 aliphatic carbocycles. The van der Waals surface area contributed by atoms with Gasteiger partial charge in [-0.05, 0) is 82.4 Å². The summed E-state index contributed by atoms with van der Waals surface area (Å²) in [5.41, 5.74) is 9.66. The van der Waals surface area contributed by atoms with Crippen LogP contribution in [-0.2, 0) is 12.8 Å². The molecule has 2 N–H and O–H groups in total. The molecule has 1 unspecified atom stereocenters. The number of hydrogen-bond acceptors (Lipinski definition) is 10. The fourth-order valence-corrected chi connectivity index (χ4v) is 6.92. The Morgan fingerprint density at radius 2 is 1.21 bits per heavy atom. The van der Waals surface area contributed by atoms with E-state index in [1.54, 1.807) is 20.1 Å². The lowest BCUT2D eigenvalue weighted by molar-refractivity contribution is 0.0985. The van der Waals surface area contributed by atoms with Gasteiger partial charge in [-0.3, -0.25) is 4.79 Å². The summed E-state index contributed by atoms with van der Waals surface area (Å²) in [4.78, 5) is 37.1. The van der Waals surface area contributed by atoms with Gasteiger partial charge in [-0.15, -0.1) is 0 Å². The maximum Gasteiger partial charge on any atom is 0.336 e. The van der Waals surface area contributed by atoms with Crippen molar-refractivity contribution in [3.05, 3.63) is 78.5 Å². The van der Waals surface area contributed by atoms with Crippen molar-refractivity contribution in [2.45, 2.75) is 111 Å². The molecule has 0 saturated carbocycles. The fraction of sp³-hybridized carbons (Fsp3) is 0.452. The molecule has 10 nitrogen and oxygen atoms in total. The van der Waals surface area contributed by atoms with E-state index in [0.29, 0.717) is 57.9 Å². The molecule has 4 heterocycles. The molecule has 2 aromatic heterocycles. The summed E-state index contributed by atoms with van der Waals surface area (Å²) in [6.45, 7) is 15.8. The molecule has 1 atom stereocenters. The lowest BCUT2D eigenvalue weighted by atomic mass is 9.91. The number of carbonyl (C=O) groups is 1. The molecular formula is C42H51NO9. The van der Waals surface area contributed by atoms with E-state index in [-0.39, 0.29) is 29.5 Å². The molecule has 6 rings (SSSR count). The number of Topliss-reactive ketones (excluding diaryl/α,β-unsaturated/α-hetero) is 1. The third-order valence-electron chi connectivity index (χ3n) is 9.35. The highest BCUT2D eigenvalue weighted by Gasteiger charge is 2.34. The van der Waals surface area contributed by atoms with Gasteiger partial charge >= 0.3 is 11.3 Å². The first-order valence-corrected chi connectivity index (χ1v) is 18.1. The maximum absolute atomic E-state index is 12.7. The summed E-state index contributed by atoms with van der Waals surface area (Å²) in [5.74, 6) is 2.17. The molecule has 278 valence electrons. The van der Waals surface area contributed by atoms with Crippen molar-refractivity contribution in [1.82, 2.24) is 0 Å².